The van der Waals surface area contributed by atoms with Gasteiger partial charge in [-0.15, -0.1) is 0 Å². The van der Waals surface area contributed by atoms with Gasteiger partial charge in [0.25, 0.3) is 0 Å². The van der Waals surface area contributed by atoms with Gasteiger partial charge >= 0.3 is 5.97 Å². The van der Waals surface area contributed by atoms with Crippen molar-refractivity contribution < 1.29 is 14.3 Å². The average molecular weight is 326 g/mol. The van der Waals surface area contributed by atoms with Crippen LogP contribution < -0.4 is 10.5 Å². The van der Waals surface area contributed by atoms with Gasteiger partial charge in [-0.1, -0.05) is 23.2 Å². The number of benzene rings is 2. The summed E-state index contributed by atoms with van der Waals surface area (Å²) in [4.78, 5) is 11.8. The van der Waals surface area contributed by atoms with Gasteiger partial charge in [-0.25, -0.2) is 4.79 Å². The third-order valence-corrected chi connectivity index (χ3v) is 3.03. The van der Waals surface area contributed by atoms with Crippen LogP contribution in [0.1, 0.15) is 17.3 Å². The summed E-state index contributed by atoms with van der Waals surface area (Å²) in [6.07, 6.45) is 0. The topological polar surface area (TPSA) is 61.5 Å². The molecule has 4 nitrogen and oxygen atoms in total. The van der Waals surface area contributed by atoms with E-state index in [4.69, 9.17) is 38.4 Å². The van der Waals surface area contributed by atoms with E-state index >= 15 is 0 Å². The summed E-state index contributed by atoms with van der Waals surface area (Å²) in [5.74, 6) is 0.405. The van der Waals surface area contributed by atoms with Crippen molar-refractivity contribution in [3.8, 4) is 11.5 Å². The first-order chi connectivity index (χ1) is 9.99. The van der Waals surface area contributed by atoms with Gasteiger partial charge in [-0.2, -0.15) is 0 Å². The minimum atomic E-state index is -0.496. The normalized spacial score (nSPS) is 10.2. The largest absolute Gasteiger partial charge is 0.462 e. The fourth-order valence-corrected chi connectivity index (χ4v) is 2.21. The standard InChI is InChI=1S/C15H13Cl2NO3/c1-2-20-15(19)13-8-11(3-4-14(13)18)21-12-6-9(16)5-10(17)7-12/h3-8H,2,18H2,1H3. The highest BCUT2D eigenvalue weighted by atomic mass is 35.5. The van der Waals surface area contributed by atoms with Crippen molar-refractivity contribution in [1.29, 1.82) is 0 Å². The maximum atomic E-state index is 11.8. The van der Waals surface area contributed by atoms with Crippen molar-refractivity contribution in [2.24, 2.45) is 0 Å². The molecule has 0 aliphatic heterocycles. The number of nitrogen functional groups attached to an aromatic ring is 1. The van der Waals surface area contributed by atoms with Crippen molar-refractivity contribution in [2.45, 2.75) is 6.92 Å². The highest BCUT2D eigenvalue weighted by molar-refractivity contribution is 6.34. The highest BCUT2D eigenvalue weighted by Crippen LogP contribution is 2.30. The van der Waals surface area contributed by atoms with Gasteiger partial charge in [0.05, 0.1) is 12.2 Å². The molecule has 6 heteroatoms. The van der Waals surface area contributed by atoms with Crippen LogP contribution in [-0.2, 0) is 4.74 Å². The minimum Gasteiger partial charge on any atom is -0.462 e. The van der Waals surface area contributed by atoms with Crippen LogP contribution >= 0.6 is 23.2 Å². The zero-order valence-corrected chi connectivity index (χ0v) is 12.7. The van der Waals surface area contributed by atoms with Crippen molar-refractivity contribution in [1.82, 2.24) is 0 Å². The lowest BCUT2D eigenvalue weighted by Crippen LogP contribution is -2.08. The highest BCUT2D eigenvalue weighted by Gasteiger charge is 2.12. The summed E-state index contributed by atoms with van der Waals surface area (Å²) in [7, 11) is 0. The molecule has 2 rings (SSSR count). The molecule has 0 radical (unpaired) electrons. The molecule has 0 fully saturated rings. The van der Waals surface area contributed by atoms with Gasteiger partial charge in [0.15, 0.2) is 0 Å². The molecule has 0 saturated heterocycles. The number of nitrogens with two attached hydrogens (primary N) is 1. The number of carbonyl (C=O) groups is 1. The lowest BCUT2D eigenvalue weighted by molar-refractivity contribution is 0.0527. The third kappa shape index (κ3) is 4.03. The van der Waals surface area contributed by atoms with E-state index in [0.717, 1.165) is 0 Å². The number of carbonyl (C=O) groups excluding carboxylic acids is 1. The number of halogens is 2. The number of anilines is 1. The fraction of sp³-hybridized carbons (Fsp3) is 0.133. The van der Waals surface area contributed by atoms with Crippen LogP contribution in [0.3, 0.4) is 0 Å². The Morgan fingerprint density at radius 1 is 1.10 bits per heavy atom. The molecule has 21 heavy (non-hydrogen) atoms. The maximum absolute atomic E-state index is 11.8. The fourth-order valence-electron chi connectivity index (χ4n) is 1.71. The number of esters is 1. The first-order valence-corrected chi connectivity index (χ1v) is 6.95. The number of hydrogen-bond acceptors (Lipinski definition) is 4. The summed E-state index contributed by atoms with van der Waals surface area (Å²) >= 11 is 11.8. The molecule has 2 N–H and O–H groups in total. The van der Waals surface area contributed by atoms with E-state index < -0.39 is 5.97 Å². The molecule has 0 bridgehead atoms. The van der Waals surface area contributed by atoms with E-state index in [2.05, 4.69) is 0 Å². The van der Waals surface area contributed by atoms with Gasteiger partial charge in [-0.05, 0) is 43.3 Å². The van der Waals surface area contributed by atoms with Crippen LogP contribution in [0.5, 0.6) is 11.5 Å². The van der Waals surface area contributed by atoms with Crippen LogP contribution in [0, 0.1) is 0 Å². The zero-order valence-electron chi connectivity index (χ0n) is 11.2. The van der Waals surface area contributed by atoms with Crippen molar-refractivity contribution in [3.05, 3.63) is 52.0 Å². The van der Waals surface area contributed by atoms with E-state index in [0.29, 0.717) is 27.2 Å². The average Bonchev–Trinajstić information content (AvgIpc) is 2.40. The van der Waals surface area contributed by atoms with Crippen LogP contribution in [0.15, 0.2) is 36.4 Å². The van der Waals surface area contributed by atoms with Crippen molar-refractivity contribution >= 4 is 34.9 Å². The molecular weight excluding hydrogens is 313 g/mol. The minimum absolute atomic E-state index is 0.252. The maximum Gasteiger partial charge on any atom is 0.340 e. The second kappa shape index (κ2) is 6.70. The van der Waals surface area contributed by atoms with E-state index in [1.807, 2.05) is 0 Å². The first-order valence-electron chi connectivity index (χ1n) is 6.20. The van der Waals surface area contributed by atoms with Gasteiger partial charge in [0.1, 0.15) is 11.5 Å². The summed E-state index contributed by atoms with van der Waals surface area (Å²) in [5.41, 5.74) is 6.34. The Balaban J connectivity index is 2.28. The Labute approximate surface area is 132 Å². The molecule has 0 saturated carbocycles. The Morgan fingerprint density at radius 2 is 1.76 bits per heavy atom. The van der Waals surface area contributed by atoms with Crippen molar-refractivity contribution in [3.63, 3.8) is 0 Å². The van der Waals surface area contributed by atoms with E-state index in [1.54, 1.807) is 37.3 Å². The summed E-state index contributed by atoms with van der Waals surface area (Å²) in [6, 6.07) is 9.58. The third-order valence-electron chi connectivity index (χ3n) is 2.59. The Morgan fingerprint density at radius 3 is 2.38 bits per heavy atom. The molecular formula is C15H13Cl2NO3. The molecule has 0 heterocycles. The summed E-state index contributed by atoms with van der Waals surface area (Å²) < 4.78 is 10.6. The SMILES string of the molecule is CCOC(=O)c1cc(Oc2cc(Cl)cc(Cl)c2)ccc1N. The lowest BCUT2D eigenvalue weighted by Gasteiger charge is -2.10. The number of rotatable bonds is 4. The van der Waals surface area contributed by atoms with E-state index in [-0.39, 0.29) is 12.2 Å². The molecule has 0 aromatic heterocycles. The molecule has 0 atom stereocenters. The van der Waals surface area contributed by atoms with Gasteiger partial charge in [0, 0.05) is 15.7 Å². The molecule has 0 aliphatic rings. The Hall–Kier alpha value is -1.91. The molecule has 2 aromatic carbocycles. The second-order valence-corrected chi connectivity index (χ2v) is 5.05. The molecule has 0 unspecified atom stereocenters. The van der Waals surface area contributed by atoms with Gasteiger partial charge < -0.3 is 15.2 Å². The summed E-state index contributed by atoms with van der Waals surface area (Å²) in [6.45, 7) is 2.00. The quantitative estimate of drug-likeness (QED) is 0.662. The van der Waals surface area contributed by atoms with Gasteiger partial charge in [-0.3, -0.25) is 0 Å². The van der Waals surface area contributed by atoms with Gasteiger partial charge in [0.2, 0.25) is 0 Å². The molecule has 0 aliphatic carbocycles. The summed E-state index contributed by atoms with van der Waals surface area (Å²) in [5, 5.41) is 0.914. The molecule has 0 amide bonds. The Bertz CT molecular complexity index is 654. The first kappa shape index (κ1) is 15.5. The molecule has 0 spiro atoms. The predicted molar refractivity (Wildman–Crippen MR) is 83.3 cm³/mol. The number of hydrogen-bond donors (Lipinski definition) is 1. The van der Waals surface area contributed by atoms with Crippen LogP contribution in [0.2, 0.25) is 10.0 Å². The number of ether oxygens (including phenoxy) is 2. The smallest absolute Gasteiger partial charge is 0.340 e. The van der Waals surface area contributed by atoms with Crippen LogP contribution in [-0.4, -0.2) is 12.6 Å². The molecule has 110 valence electrons. The van der Waals surface area contributed by atoms with Crippen LogP contribution in [0.4, 0.5) is 5.69 Å². The lowest BCUT2D eigenvalue weighted by atomic mass is 10.1. The van der Waals surface area contributed by atoms with Crippen molar-refractivity contribution in [2.75, 3.05) is 12.3 Å². The Kier molecular flexibility index (Phi) is 4.94. The van der Waals surface area contributed by atoms with E-state index in [1.165, 1.54) is 6.07 Å². The van der Waals surface area contributed by atoms with E-state index in [9.17, 15) is 4.79 Å². The van der Waals surface area contributed by atoms with Crippen LogP contribution in [0.25, 0.3) is 0 Å². The zero-order chi connectivity index (χ0) is 15.4. The molecule has 2 aromatic rings. The monoisotopic (exact) mass is 325 g/mol. The second-order valence-electron chi connectivity index (χ2n) is 4.18. The predicted octanol–water partition coefficient (Wildman–Crippen LogP) is 4.54.